The van der Waals surface area contributed by atoms with Crippen LogP contribution in [0.3, 0.4) is 0 Å². The van der Waals surface area contributed by atoms with Gasteiger partial charge in [0.25, 0.3) is 0 Å². The van der Waals surface area contributed by atoms with Gasteiger partial charge in [-0.1, -0.05) is 19.1 Å². The number of benzene rings is 1. The molecule has 1 unspecified atom stereocenters. The second kappa shape index (κ2) is 7.01. The Labute approximate surface area is 119 Å². The first-order valence-electron chi connectivity index (χ1n) is 6.85. The largest absolute Gasteiger partial charge is 0.384 e. The Morgan fingerprint density at radius 3 is 2.50 bits per heavy atom. The molecule has 0 aliphatic rings. The third-order valence-electron chi connectivity index (χ3n) is 3.22. The lowest BCUT2D eigenvalue weighted by Gasteiger charge is -2.18. The average molecular weight is 273 g/mol. The molecule has 0 bridgehead atoms. The maximum absolute atomic E-state index is 12.9. The van der Waals surface area contributed by atoms with Crippen LogP contribution in [0.4, 0.5) is 10.2 Å². The topological polar surface area (TPSA) is 50.9 Å². The van der Waals surface area contributed by atoms with Crippen molar-refractivity contribution in [1.82, 2.24) is 10.3 Å². The minimum absolute atomic E-state index is 0.198. The van der Waals surface area contributed by atoms with Crippen LogP contribution in [0.2, 0.25) is 0 Å². The highest BCUT2D eigenvalue weighted by atomic mass is 19.1. The number of aromatic nitrogens is 1. The van der Waals surface area contributed by atoms with Gasteiger partial charge in [-0.2, -0.15) is 0 Å². The zero-order valence-electron chi connectivity index (χ0n) is 11.6. The molecule has 0 saturated heterocycles. The van der Waals surface area contributed by atoms with Gasteiger partial charge in [0.1, 0.15) is 11.6 Å². The molecule has 0 spiro atoms. The molecule has 0 fully saturated rings. The van der Waals surface area contributed by atoms with Crippen LogP contribution in [0, 0.1) is 5.82 Å². The van der Waals surface area contributed by atoms with Gasteiger partial charge in [0.15, 0.2) is 0 Å². The van der Waals surface area contributed by atoms with Gasteiger partial charge in [-0.3, -0.25) is 0 Å². The standard InChI is InChI=1S/C16H20FN3/c1-2-19-15(9-12-3-5-14(17)6-4-12)10-13-7-8-20-16(18)11-13/h3-8,11,15,19H,2,9-10H2,1H3,(H2,18,20). The van der Waals surface area contributed by atoms with Crippen LogP contribution in [0.1, 0.15) is 18.1 Å². The Balaban J connectivity index is 2.05. The highest BCUT2D eigenvalue weighted by Gasteiger charge is 2.10. The van der Waals surface area contributed by atoms with E-state index < -0.39 is 0 Å². The van der Waals surface area contributed by atoms with E-state index in [0.29, 0.717) is 11.9 Å². The smallest absolute Gasteiger partial charge is 0.123 e. The third kappa shape index (κ3) is 4.31. The molecule has 1 aromatic heterocycles. The van der Waals surface area contributed by atoms with Crippen LogP contribution in [0.15, 0.2) is 42.6 Å². The van der Waals surface area contributed by atoms with Crippen LogP contribution >= 0.6 is 0 Å². The summed E-state index contributed by atoms with van der Waals surface area (Å²) < 4.78 is 12.9. The zero-order chi connectivity index (χ0) is 14.4. The molecular formula is C16H20FN3. The molecule has 3 N–H and O–H groups in total. The van der Waals surface area contributed by atoms with Crippen molar-refractivity contribution in [1.29, 1.82) is 0 Å². The van der Waals surface area contributed by atoms with E-state index in [9.17, 15) is 4.39 Å². The Kier molecular flexibility index (Phi) is 5.07. The number of rotatable bonds is 6. The summed E-state index contributed by atoms with van der Waals surface area (Å²) in [6.07, 6.45) is 3.46. The van der Waals surface area contributed by atoms with E-state index in [1.54, 1.807) is 6.20 Å². The van der Waals surface area contributed by atoms with Crippen LogP contribution < -0.4 is 11.1 Å². The van der Waals surface area contributed by atoms with Crippen molar-refractivity contribution >= 4 is 5.82 Å². The second-order valence-electron chi connectivity index (χ2n) is 4.88. The van der Waals surface area contributed by atoms with Gasteiger partial charge in [0, 0.05) is 12.2 Å². The van der Waals surface area contributed by atoms with Gasteiger partial charge in [0.05, 0.1) is 0 Å². The van der Waals surface area contributed by atoms with Gasteiger partial charge in [-0.25, -0.2) is 9.37 Å². The first-order valence-corrected chi connectivity index (χ1v) is 6.85. The minimum Gasteiger partial charge on any atom is -0.384 e. The number of nitrogens with zero attached hydrogens (tertiary/aromatic N) is 1. The number of nitrogen functional groups attached to an aromatic ring is 1. The molecule has 0 aliphatic heterocycles. The Hall–Kier alpha value is -1.94. The van der Waals surface area contributed by atoms with E-state index in [0.717, 1.165) is 30.5 Å². The van der Waals surface area contributed by atoms with Crippen molar-refractivity contribution in [3.8, 4) is 0 Å². The fraction of sp³-hybridized carbons (Fsp3) is 0.312. The monoisotopic (exact) mass is 273 g/mol. The summed E-state index contributed by atoms with van der Waals surface area (Å²) in [6, 6.07) is 10.8. The van der Waals surface area contributed by atoms with E-state index in [-0.39, 0.29) is 5.82 Å². The van der Waals surface area contributed by atoms with Gasteiger partial charge in [0.2, 0.25) is 0 Å². The molecule has 1 aromatic carbocycles. The molecule has 20 heavy (non-hydrogen) atoms. The molecule has 106 valence electrons. The molecule has 1 atom stereocenters. The van der Waals surface area contributed by atoms with Crippen LogP contribution in [-0.2, 0) is 12.8 Å². The molecule has 0 aliphatic carbocycles. The Morgan fingerprint density at radius 1 is 1.15 bits per heavy atom. The SMILES string of the molecule is CCNC(Cc1ccc(F)cc1)Cc1ccnc(N)c1. The first kappa shape index (κ1) is 14.5. The van der Waals surface area contributed by atoms with E-state index in [1.807, 2.05) is 24.3 Å². The number of nitrogens with one attached hydrogen (secondary N) is 1. The lowest BCUT2D eigenvalue weighted by Crippen LogP contribution is -2.33. The van der Waals surface area contributed by atoms with E-state index in [1.165, 1.54) is 12.1 Å². The fourth-order valence-corrected chi connectivity index (χ4v) is 2.32. The highest BCUT2D eigenvalue weighted by molar-refractivity contribution is 5.32. The van der Waals surface area contributed by atoms with Crippen molar-refractivity contribution < 1.29 is 4.39 Å². The summed E-state index contributed by atoms with van der Waals surface area (Å²) in [6.45, 7) is 2.98. The molecule has 1 heterocycles. The van der Waals surface area contributed by atoms with Gasteiger partial charge >= 0.3 is 0 Å². The van der Waals surface area contributed by atoms with Crippen molar-refractivity contribution in [2.75, 3.05) is 12.3 Å². The van der Waals surface area contributed by atoms with Crippen LogP contribution in [-0.4, -0.2) is 17.6 Å². The number of hydrogen-bond donors (Lipinski definition) is 2. The lowest BCUT2D eigenvalue weighted by atomic mass is 9.99. The number of pyridine rings is 1. The molecule has 0 amide bonds. The summed E-state index contributed by atoms with van der Waals surface area (Å²) in [5.41, 5.74) is 7.99. The molecule has 0 saturated carbocycles. The predicted molar refractivity (Wildman–Crippen MR) is 79.9 cm³/mol. The second-order valence-corrected chi connectivity index (χ2v) is 4.88. The summed E-state index contributed by atoms with van der Waals surface area (Å²) in [4.78, 5) is 4.00. The molecular weight excluding hydrogens is 253 g/mol. The average Bonchev–Trinajstić information content (AvgIpc) is 2.42. The maximum Gasteiger partial charge on any atom is 0.123 e. The van der Waals surface area contributed by atoms with Crippen molar-refractivity contribution in [3.63, 3.8) is 0 Å². The molecule has 2 rings (SSSR count). The molecule has 0 radical (unpaired) electrons. The van der Waals surface area contributed by atoms with Crippen LogP contribution in [0.5, 0.6) is 0 Å². The Bertz CT molecular complexity index is 540. The quantitative estimate of drug-likeness (QED) is 0.850. The fourth-order valence-electron chi connectivity index (χ4n) is 2.32. The summed E-state index contributed by atoms with van der Waals surface area (Å²) >= 11 is 0. The lowest BCUT2D eigenvalue weighted by molar-refractivity contribution is 0.520. The Morgan fingerprint density at radius 2 is 1.85 bits per heavy atom. The van der Waals surface area contributed by atoms with E-state index in [4.69, 9.17) is 5.73 Å². The summed E-state index contributed by atoms with van der Waals surface area (Å²) in [5, 5.41) is 3.46. The third-order valence-corrected chi connectivity index (χ3v) is 3.22. The van der Waals surface area contributed by atoms with Gasteiger partial charge in [-0.15, -0.1) is 0 Å². The summed E-state index contributed by atoms with van der Waals surface area (Å²) in [7, 11) is 0. The maximum atomic E-state index is 12.9. The molecule has 4 heteroatoms. The number of hydrogen-bond acceptors (Lipinski definition) is 3. The van der Waals surface area contributed by atoms with Crippen molar-refractivity contribution in [2.24, 2.45) is 0 Å². The van der Waals surface area contributed by atoms with Gasteiger partial charge < -0.3 is 11.1 Å². The van der Waals surface area contributed by atoms with Crippen molar-refractivity contribution in [2.45, 2.75) is 25.8 Å². The van der Waals surface area contributed by atoms with Crippen molar-refractivity contribution in [3.05, 3.63) is 59.5 Å². The first-order chi connectivity index (χ1) is 9.67. The zero-order valence-corrected chi connectivity index (χ0v) is 11.6. The minimum atomic E-state index is -0.198. The molecule has 2 aromatic rings. The number of nitrogens with two attached hydrogens (primary N) is 1. The number of halogens is 1. The van der Waals surface area contributed by atoms with Gasteiger partial charge in [-0.05, 0) is 54.8 Å². The summed E-state index contributed by atoms with van der Waals surface area (Å²) in [5.74, 6) is 0.343. The normalized spacial score (nSPS) is 12.3. The number of anilines is 1. The highest BCUT2D eigenvalue weighted by Crippen LogP contribution is 2.11. The van der Waals surface area contributed by atoms with Crippen LogP contribution in [0.25, 0.3) is 0 Å². The van der Waals surface area contributed by atoms with E-state index >= 15 is 0 Å². The predicted octanol–water partition coefficient (Wildman–Crippen LogP) is 2.57. The number of likely N-dealkylation sites (N-methyl/N-ethyl adjacent to an activating group) is 1. The molecule has 3 nitrogen and oxygen atoms in total. The van der Waals surface area contributed by atoms with E-state index in [2.05, 4.69) is 17.2 Å².